The van der Waals surface area contributed by atoms with Crippen molar-refractivity contribution >= 4 is 11.8 Å². The van der Waals surface area contributed by atoms with Gasteiger partial charge in [-0.3, -0.25) is 9.59 Å². The molecule has 1 atom stereocenters. The molecule has 3 aromatic rings. The van der Waals surface area contributed by atoms with Gasteiger partial charge in [-0.2, -0.15) is 0 Å². The molecule has 0 bridgehead atoms. The molecule has 3 aromatic carbocycles. The molecule has 0 spiro atoms. The fourth-order valence-electron chi connectivity index (χ4n) is 3.77. The molecule has 1 aliphatic rings. The van der Waals surface area contributed by atoms with Crippen molar-refractivity contribution in [3.63, 3.8) is 0 Å². The Kier molecular flexibility index (Phi) is 6.62. The number of carbonyl (C=O) groups excluding carboxylic acids is 2. The number of benzene rings is 3. The van der Waals surface area contributed by atoms with Crippen LogP contribution in [-0.2, 0) is 11.2 Å². The quantitative estimate of drug-likeness (QED) is 0.622. The zero-order valence-corrected chi connectivity index (χ0v) is 17.4. The lowest BCUT2D eigenvalue weighted by Crippen LogP contribution is -2.49. The number of hydrogen-bond acceptors (Lipinski definition) is 3. The van der Waals surface area contributed by atoms with Crippen LogP contribution in [0.15, 0.2) is 84.9 Å². The van der Waals surface area contributed by atoms with Crippen molar-refractivity contribution in [3.05, 3.63) is 96.1 Å². The lowest BCUT2D eigenvalue weighted by atomic mass is 10.0. The molecule has 0 radical (unpaired) electrons. The lowest BCUT2D eigenvalue weighted by molar-refractivity contribution is -0.132. The predicted molar refractivity (Wildman–Crippen MR) is 120 cm³/mol. The summed E-state index contributed by atoms with van der Waals surface area (Å²) in [6.45, 7) is 1.50. The van der Waals surface area contributed by atoms with E-state index in [4.69, 9.17) is 4.74 Å². The van der Waals surface area contributed by atoms with E-state index in [0.29, 0.717) is 23.5 Å². The van der Waals surface area contributed by atoms with Crippen molar-refractivity contribution in [2.24, 2.45) is 0 Å². The maximum Gasteiger partial charge on any atom is 0.252 e. The molecular weight excluding hydrogens is 388 g/mol. The van der Waals surface area contributed by atoms with Crippen molar-refractivity contribution in [2.75, 3.05) is 13.1 Å². The van der Waals surface area contributed by atoms with E-state index < -0.39 is 6.04 Å². The first kappa shape index (κ1) is 20.7. The van der Waals surface area contributed by atoms with Gasteiger partial charge >= 0.3 is 0 Å². The summed E-state index contributed by atoms with van der Waals surface area (Å²) < 4.78 is 5.84. The molecular formula is C26H26N2O3. The molecule has 5 nitrogen and oxygen atoms in total. The summed E-state index contributed by atoms with van der Waals surface area (Å²) in [4.78, 5) is 28.0. The molecule has 4 rings (SSSR count). The van der Waals surface area contributed by atoms with Crippen LogP contribution < -0.4 is 10.1 Å². The van der Waals surface area contributed by atoms with Gasteiger partial charge in [0.25, 0.3) is 5.91 Å². The summed E-state index contributed by atoms with van der Waals surface area (Å²) in [6.07, 6.45) is 2.48. The van der Waals surface area contributed by atoms with Gasteiger partial charge in [0.2, 0.25) is 5.91 Å². The number of amides is 2. The Morgan fingerprint density at radius 2 is 1.48 bits per heavy atom. The highest BCUT2D eigenvalue weighted by Gasteiger charge is 2.28. The van der Waals surface area contributed by atoms with Crippen LogP contribution in [-0.4, -0.2) is 35.8 Å². The molecule has 2 amide bonds. The van der Waals surface area contributed by atoms with E-state index in [1.807, 2.05) is 65.6 Å². The number of ether oxygens (including phenoxy) is 1. The number of para-hydroxylation sites is 1. The Bertz CT molecular complexity index is 1020. The van der Waals surface area contributed by atoms with E-state index >= 15 is 0 Å². The van der Waals surface area contributed by atoms with E-state index in [-0.39, 0.29) is 11.8 Å². The monoisotopic (exact) mass is 414 g/mol. The first-order chi connectivity index (χ1) is 15.2. The summed E-state index contributed by atoms with van der Waals surface area (Å²) in [5.74, 6) is 0.967. The highest BCUT2D eigenvalue weighted by Crippen LogP contribution is 2.22. The van der Waals surface area contributed by atoms with E-state index in [1.54, 1.807) is 24.3 Å². The molecule has 1 saturated heterocycles. The van der Waals surface area contributed by atoms with Gasteiger partial charge in [0.05, 0.1) is 0 Å². The second-order valence-corrected chi connectivity index (χ2v) is 7.69. The van der Waals surface area contributed by atoms with E-state index in [1.165, 1.54) is 0 Å². The normalized spacial score (nSPS) is 14.1. The topological polar surface area (TPSA) is 58.6 Å². The third-order valence-corrected chi connectivity index (χ3v) is 5.38. The third kappa shape index (κ3) is 5.51. The zero-order chi connectivity index (χ0) is 21.5. The molecule has 1 heterocycles. The van der Waals surface area contributed by atoms with Crippen molar-refractivity contribution in [3.8, 4) is 11.5 Å². The number of hydrogen-bond donors (Lipinski definition) is 1. The third-order valence-electron chi connectivity index (χ3n) is 5.38. The van der Waals surface area contributed by atoms with Gasteiger partial charge < -0.3 is 15.0 Å². The Hall–Kier alpha value is -3.60. The van der Waals surface area contributed by atoms with Crippen LogP contribution in [0.2, 0.25) is 0 Å². The van der Waals surface area contributed by atoms with Gasteiger partial charge in [-0.05, 0) is 48.7 Å². The summed E-state index contributed by atoms with van der Waals surface area (Å²) in [7, 11) is 0. The number of carbonyl (C=O) groups is 2. The number of nitrogens with one attached hydrogen (secondary N) is 1. The SMILES string of the molecule is O=C(N[C@@H](Cc1ccccc1)C(=O)N1CCCC1)c1cccc(Oc2ccccc2)c1. The maximum absolute atomic E-state index is 13.1. The number of nitrogens with zero attached hydrogens (tertiary/aromatic N) is 1. The van der Waals surface area contributed by atoms with Gasteiger partial charge in [-0.1, -0.05) is 54.6 Å². The molecule has 0 saturated carbocycles. The van der Waals surface area contributed by atoms with Gasteiger partial charge in [-0.25, -0.2) is 0 Å². The van der Waals surface area contributed by atoms with Crippen LogP contribution in [0.1, 0.15) is 28.8 Å². The Morgan fingerprint density at radius 1 is 0.839 bits per heavy atom. The number of rotatable bonds is 7. The van der Waals surface area contributed by atoms with Crippen LogP contribution in [0.5, 0.6) is 11.5 Å². The van der Waals surface area contributed by atoms with Crippen molar-refractivity contribution < 1.29 is 14.3 Å². The summed E-state index contributed by atoms with van der Waals surface area (Å²) in [5, 5.41) is 2.96. The second kappa shape index (κ2) is 9.94. The predicted octanol–water partition coefficient (Wildman–Crippen LogP) is 4.44. The molecule has 0 aromatic heterocycles. The van der Waals surface area contributed by atoms with Crippen LogP contribution in [0.3, 0.4) is 0 Å². The first-order valence-electron chi connectivity index (χ1n) is 10.7. The smallest absolute Gasteiger partial charge is 0.252 e. The van der Waals surface area contributed by atoms with Crippen molar-refractivity contribution in [1.29, 1.82) is 0 Å². The first-order valence-corrected chi connectivity index (χ1v) is 10.7. The van der Waals surface area contributed by atoms with Gasteiger partial charge in [0.1, 0.15) is 17.5 Å². The minimum atomic E-state index is -0.605. The Labute approximate surface area is 182 Å². The lowest BCUT2D eigenvalue weighted by Gasteiger charge is -2.24. The Balaban J connectivity index is 1.50. The van der Waals surface area contributed by atoms with E-state index in [9.17, 15) is 9.59 Å². The highest BCUT2D eigenvalue weighted by atomic mass is 16.5. The molecule has 1 fully saturated rings. The van der Waals surface area contributed by atoms with Gasteiger partial charge in [0, 0.05) is 25.1 Å². The fraction of sp³-hybridized carbons (Fsp3) is 0.231. The average molecular weight is 415 g/mol. The van der Waals surface area contributed by atoms with Crippen molar-refractivity contribution in [1.82, 2.24) is 10.2 Å². The molecule has 5 heteroatoms. The van der Waals surface area contributed by atoms with E-state index in [0.717, 1.165) is 31.5 Å². The maximum atomic E-state index is 13.1. The molecule has 31 heavy (non-hydrogen) atoms. The summed E-state index contributed by atoms with van der Waals surface area (Å²) >= 11 is 0. The molecule has 1 aliphatic heterocycles. The second-order valence-electron chi connectivity index (χ2n) is 7.69. The molecule has 158 valence electrons. The molecule has 1 N–H and O–H groups in total. The summed E-state index contributed by atoms with van der Waals surface area (Å²) in [5.41, 5.74) is 1.47. The van der Waals surface area contributed by atoms with Crippen LogP contribution >= 0.6 is 0 Å². The highest BCUT2D eigenvalue weighted by molar-refractivity contribution is 5.98. The Morgan fingerprint density at radius 3 is 2.19 bits per heavy atom. The molecule has 0 unspecified atom stereocenters. The van der Waals surface area contributed by atoms with Crippen LogP contribution in [0.4, 0.5) is 0 Å². The van der Waals surface area contributed by atoms with Gasteiger partial charge in [0.15, 0.2) is 0 Å². The standard InChI is InChI=1S/C26H26N2O3/c29-25(21-12-9-15-23(19-21)31-22-13-5-2-6-14-22)27-24(18-20-10-3-1-4-11-20)26(30)28-16-7-8-17-28/h1-6,9-15,19,24H,7-8,16-18H2,(H,27,29)/t24-/m0/s1. The van der Waals surface area contributed by atoms with Crippen LogP contribution in [0, 0.1) is 0 Å². The minimum Gasteiger partial charge on any atom is -0.457 e. The largest absolute Gasteiger partial charge is 0.457 e. The fourth-order valence-corrected chi connectivity index (χ4v) is 3.77. The van der Waals surface area contributed by atoms with E-state index in [2.05, 4.69) is 5.32 Å². The zero-order valence-electron chi connectivity index (χ0n) is 17.4. The average Bonchev–Trinajstić information content (AvgIpc) is 3.35. The van der Waals surface area contributed by atoms with Crippen LogP contribution in [0.25, 0.3) is 0 Å². The minimum absolute atomic E-state index is 0.0219. The van der Waals surface area contributed by atoms with Crippen molar-refractivity contribution in [2.45, 2.75) is 25.3 Å². The molecule has 0 aliphatic carbocycles. The number of likely N-dealkylation sites (tertiary alicyclic amines) is 1. The van der Waals surface area contributed by atoms with Gasteiger partial charge in [-0.15, -0.1) is 0 Å². The summed E-state index contributed by atoms with van der Waals surface area (Å²) in [6, 6.07) is 25.6.